The summed E-state index contributed by atoms with van der Waals surface area (Å²) in [6, 6.07) is 1.99. The highest BCUT2D eigenvalue weighted by Crippen LogP contribution is 2.30. The summed E-state index contributed by atoms with van der Waals surface area (Å²) in [6.07, 6.45) is 2.73. The molecule has 7 heteroatoms. The van der Waals surface area contributed by atoms with Crippen molar-refractivity contribution < 1.29 is 9.59 Å². The predicted octanol–water partition coefficient (Wildman–Crippen LogP) is -0.175. The second kappa shape index (κ2) is 6.62. The molecule has 0 saturated carbocycles. The largest absolute Gasteiger partial charge is 0.370 e. The molecule has 1 aliphatic heterocycles. The Hall–Kier alpha value is -2.02. The summed E-state index contributed by atoms with van der Waals surface area (Å²) in [5.74, 6) is -0.0106. The molecule has 4 N–H and O–H groups in total. The molecule has 2 amide bonds. The molecule has 1 aromatic heterocycles. The molecule has 1 unspecified atom stereocenters. The average Bonchev–Trinajstić information content (AvgIpc) is 2.83. The summed E-state index contributed by atoms with van der Waals surface area (Å²) < 4.78 is 0. The number of rotatable bonds is 6. The second-order valence-corrected chi connectivity index (χ2v) is 5.39. The number of hydrogen-bond donors (Lipinski definition) is 2. The summed E-state index contributed by atoms with van der Waals surface area (Å²) in [6.45, 7) is 2.91. The topological polar surface area (TPSA) is 115 Å². The van der Waals surface area contributed by atoms with Gasteiger partial charge in [0.15, 0.2) is 0 Å². The lowest BCUT2D eigenvalue weighted by Gasteiger charge is -2.23. The Labute approximate surface area is 123 Å². The minimum atomic E-state index is -0.343. The number of likely N-dealkylation sites (tertiary alicyclic amines) is 1. The van der Waals surface area contributed by atoms with E-state index in [0.717, 1.165) is 30.8 Å². The van der Waals surface area contributed by atoms with E-state index in [-0.39, 0.29) is 30.8 Å². The lowest BCUT2D eigenvalue weighted by Crippen LogP contribution is -2.33. The third kappa shape index (κ3) is 4.22. The Bertz CT molecular complexity index is 546. The van der Waals surface area contributed by atoms with E-state index in [1.807, 2.05) is 17.9 Å². The maximum Gasteiger partial charge on any atom is 0.231 e. The van der Waals surface area contributed by atoms with Gasteiger partial charge in [-0.15, -0.1) is 0 Å². The van der Waals surface area contributed by atoms with Gasteiger partial charge in [-0.2, -0.15) is 0 Å². The molecule has 0 spiro atoms. The molecule has 7 nitrogen and oxygen atoms in total. The van der Waals surface area contributed by atoms with Crippen LogP contribution in [0, 0.1) is 6.92 Å². The van der Waals surface area contributed by atoms with E-state index in [9.17, 15) is 9.59 Å². The van der Waals surface area contributed by atoms with Gasteiger partial charge in [-0.05, 0) is 38.8 Å². The van der Waals surface area contributed by atoms with Crippen LogP contribution in [-0.4, -0.2) is 39.8 Å². The molecular weight excluding hydrogens is 270 g/mol. The minimum Gasteiger partial charge on any atom is -0.370 e. The number of carbonyl (C=O) groups is 2. The summed E-state index contributed by atoms with van der Waals surface area (Å²) in [7, 11) is 0. The number of hydrogen-bond acceptors (Lipinski definition) is 5. The first-order valence-corrected chi connectivity index (χ1v) is 7.11. The third-order valence-electron chi connectivity index (χ3n) is 3.60. The van der Waals surface area contributed by atoms with Crippen molar-refractivity contribution in [3.05, 3.63) is 23.3 Å². The lowest BCUT2D eigenvalue weighted by atomic mass is 10.1. The van der Waals surface area contributed by atoms with Crippen molar-refractivity contribution in [2.24, 2.45) is 11.5 Å². The van der Waals surface area contributed by atoms with Crippen molar-refractivity contribution in [3.63, 3.8) is 0 Å². The van der Waals surface area contributed by atoms with Crippen LogP contribution in [0.3, 0.4) is 0 Å². The fraction of sp³-hybridized carbons (Fsp3) is 0.571. The van der Waals surface area contributed by atoms with Crippen LogP contribution in [-0.2, 0) is 16.0 Å². The second-order valence-electron chi connectivity index (χ2n) is 5.39. The number of carbonyl (C=O) groups excluding carboxylic acids is 2. The summed E-state index contributed by atoms with van der Waals surface area (Å²) in [5.41, 5.74) is 12.2. The first-order valence-electron chi connectivity index (χ1n) is 7.11. The smallest absolute Gasteiger partial charge is 0.231 e. The number of nitrogens with zero attached hydrogens (tertiary/aromatic N) is 3. The molecule has 1 saturated heterocycles. The van der Waals surface area contributed by atoms with E-state index in [4.69, 9.17) is 11.5 Å². The summed E-state index contributed by atoms with van der Waals surface area (Å²) in [5, 5.41) is 0. The van der Waals surface area contributed by atoms with Gasteiger partial charge in [-0.25, -0.2) is 9.97 Å². The van der Waals surface area contributed by atoms with Gasteiger partial charge in [-0.1, -0.05) is 0 Å². The van der Waals surface area contributed by atoms with Gasteiger partial charge >= 0.3 is 0 Å². The minimum absolute atomic E-state index is 0.0894. The van der Waals surface area contributed by atoms with Gasteiger partial charge in [-0.3, -0.25) is 14.5 Å². The van der Waals surface area contributed by atoms with Crippen LogP contribution < -0.4 is 11.5 Å². The molecule has 2 rings (SSSR count). The highest BCUT2D eigenvalue weighted by Gasteiger charge is 2.28. The molecule has 1 atom stereocenters. The molecular formula is C14H21N5O2. The van der Waals surface area contributed by atoms with Gasteiger partial charge in [0, 0.05) is 12.1 Å². The van der Waals surface area contributed by atoms with E-state index in [1.165, 1.54) is 0 Å². The van der Waals surface area contributed by atoms with Gasteiger partial charge in [0.05, 0.1) is 18.3 Å². The average molecular weight is 291 g/mol. The fourth-order valence-corrected chi connectivity index (χ4v) is 2.76. The fourth-order valence-electron chi connectivity index (χ4n) is 2.76. The van der Waals surface area contributed by atoms with Crippen LogP contribution in [0.1, 0.15) is 42.5 Å². The van der Waals surface area contributed by atoms with Crippen LogP contribution in [0.5, 0.6) is 0 Å². The zero-order valence-electron chi connectivity index (χ0n) is 12.2. The van der Waals surface area contributed by atoms with Crippen LogP contribution in [0.25, 0.3) is 0 Å². The number of aromatic nitrogens is 2. The Balaban J connectivity index is 2.18. The third-order valence-corrected chi connectivity index (χ3v) is 3.60. The van der Waals surface area contributed by atoms with E-state index >= 15 is 0 Å². The van der Waals surface area contributed by atoms with Gasteiger partial charge in [0.2, 0.25) is 11.8 Å². The SMILES string of the molecule is Cc1nc(CCC(N)=O)cc(C2CCCN2CC(N)=O)n1. The number of aryl methyl sites for hydroxylation is 2. The van der Waals surface area contributed by atoms with Crippen molar-refractivity contribution in [1.29, 1.82) is 0 Å². The van der Waals surface area contributed by atoms with Crippen LogP contribution in [0.4, 0.5) is 0 Å². The van der Waals surface area contributed by atoms with E-state index in [1.54, 1.807) is 0 Å². The monoisotopic (exact) mass is 291 g/mol. The molecule has 0 aromatic carbocycles. The van der Waals surface area contributed by atoms with Gasteiger partial charge in [0.25, 0.3) is 0 Å². The highest BCUT2D eigenvalue weighted by molar-refractivity contribution is 5.76. The van der Waals surface area contributed by atoms with Crippen LogP contribution in [0.15, 0.2) is 6.07 Å². The molecule has 114 valence electrons. The summed E-state index contributed by atoms with van der Waals surface area (Å²) >= 11 is 0. The standard InChI is InChI=1S/C14H21N5O2/c1-9-17-10(4-5-13(15)20)7-11(18-9)12-3-2-6-19(12)8-14(16)21/h7,12H,2-6,8H2,1H3,(H2,15,20)(H2,16,21). The quantitative estimate of drug-likeness (QED) is 0.754. The Morgan fingerprint density at radius 1 is 1.33 bits per heavy atom. The Morgan fingerprint density at radius 3 is 2.76 bits per heavy atom. The number of primary amides is 2. The number of amides is 2. The van der Waals surface area contributed by atoms with E-state index in [0.29, 0.717) is 12.2 Å². The lowest BCUT2D eigenvalue weighted by molar-refractivity contribution is -0.119. The molecule has 0 radical (unpaired) electrons. The zero-order chi connectivity index (χ0) is 15.4. The summed E-state index contributed by atoms with van der Waals surface area (Å²) in [4.78, 5) is 32.9. The van der Waals surface area contributed by atoms with Crippen molar-refractivity contribution >= 4 is 11.8 Å². The molecule has 1 aromatic rings. The predicted molar refractivity (Wildman–Crippen MR) is 77.0 cm³/mol. The van der Waals surface area contributed by atoms with E-state index in [2.05, 4.69) is 9.97 Å². The van der Waals surface area contributed by atoms with Crippen molar-refractivity contribution in [3.8, 4) is 0 Å². The Kier molecular flexibility index (Phi) is 4.85. The highest BCUT2D eigenvalue weighted by atomic mass is 16.1. The van der Waals surface area contributed by atoms with Crippen molar-refractivity contribution in [2.75, 3.05) is 13.1 Å². The van der Waals surface area contributed by atoms with Crippen LogP contribution in [0.2, 0.25) is 0 Å². The molecule has 1 fully saturated rings. The number of nitrogens with two attached hydrogens (primary N) is 2. The van der Waals surface area contributed by atoms with Crippen LogP contribution >= 0.6 is 0 Å². The first kappa shape index (κ1) is 15.4. The van der Waals surface area contributed by atoms with E-state index < -0.39 is 0 Å². The molecule has 1 aliphatic rings. The molecule has 0 bridgehead atoms. The van der Waals surface area contributed by atoms with Crippen molar-refractivity contribution in [1.82, 2.24) is 14.9 Å². The van der Waals surface area contributed by atoms with Crippen molar-refractivity contribution in [2.45, 2.75) is 38.6 Å². The molecule has 0 aliphatic carbocycles. The molecule has 21 heavy (non-hydrogen) atoms. The zero-order valence-corrected chi connectivity index (χ0v) is 12.2. The molecule has 2 heterocycles. The van der Waals surface area contributed by atoms with Gasteiger partial charge < -0.3 is 11.5 Å². The maximum atomic E-state index is 11.1. The van der Waals surface area contributed by atoms with Gasteiger partial charge in [0.1, 0.15) is 5.82 Å². The Morgan fingerprint density at radius 2 is 2.10 bits per heavy atom. The maximum absolute atomic E-state index is 11.1. The first-order chi connectivity index (χ1) is 9.95. The normalized spacial score (nSPS) is 18.8.